The number of benzene rings is 1. The maximum Gasteiger partial charge on any atom is 0.416 e. The van der Waals surface area contributed by atoms with Crippen LogP contribution in [0.15, 0.2) is 42.3 Å². The summed E-state index contributed by atoms with van der Waals surface area (Å²) in [5, 5.41) is 0. The van der Waals surface area contributed by atoms with Crippen molar-refractivity contribution in [3.8, 4) is 5.75 Å². The maximum absolute atomic E-state index is 12.9. The Bertz CT molecular complexity index is 833. The number of rotatable bonds is 3. The van der Waals surface area contributed by atoms with Crippen molar-refractivity contribution in [3.05, 3.63) is 64.7 Å². The Labute approximate surface area is 143 Å². The zero-order valence-corrected chi connectivity index (χ0v) is 13.7. The monoisotopic (exact) mass is 350 g/mol. The lowest BCUT2D eigenvalue weighted by Gasteiger charge is -2.34. The normalized spacial score (nSPS) is 19.8. The number of alkyl halides is 3. The van der Waals surface area contributed by atoms with Crippen LogP contribution in [0.3, 0.4) is 0 Å². The first-order valence-electron chi connectivity index (χ1n) is 7.59. The van der Waals surface area contributed by atoms with Crippen molar-refractivity contribution in [2.45, 2.75) is 25.2 Å². The van der Waals surface area contributed by atoms with Gasteiger partial charge in [0.25, 0.3) is 0 Å². The van der Waals surface area contributed by atoms with Crippen LogP contribution in [0, 0.1) is 6.92 Å². The van der Waals surface area contributed by atoms with E-state index in [1.54, 1.807) is 6.20 Å². The molecule has 1 aromatic heterocycles. The number of hydrogen-bond acceptors (Lipinski definition) is 4. The Kier molecular flexibility index (Phi) is 4.20. The third-order valence-electron chi connectivity index (χ3n) is 4.07. The van der Waals surface area contributed by atoms with Crippen molar-refractivity contribution in [2.24, 2.45) is 5.73 Å². The predicted octanol–water partition coefficient (Wildman–Crippen LogP) is 3.99. The fourth-order valence-electron chi connectivity index (χ4n) is 2.81. The highest BCUT2D eigenvalue weighted by Crippen LogP contribution is 2.38. The van der Waals surface area contributed by atoms with Gasteiger partial charge in [0.1, 0.15) is 17.2 Å². The van der Waals surface area contributed by atoms with Crippen molar-refractivity contribution in [1.29, 1.82) is 0 Å². The van der Waals surface area contributed by atoms with Gasteiger partial charge in [-0.2, -0.15) is 13.2 Å². The summed E-state index contributed by atoms with van der Waals surface area (Å²) >= 11 is 0. The molecule has 1 aromatic carbocycles. The van der Waals surface area contributed by atoms with Gasteiger partial charge in [0.15, 0.2) is 0 Å². The van der Waals surface area contributed by atoms with Crippen molar-refractivity contribution in [2.75, 3.05) is 7.11 Å². The van der Waals surface area contributed by atoms with E-state index in [4.69, 9.17) is 15.2 Å². The quantitative estimate of drug-likeness (QED) is 0.851. The second kappa shape index (κ2) is 6.07. The van der Waals surface area contributed by atoms with E-state index in [1.807, 2.05) is 19.1 Å². The molecular formula is C18H17F3N2O2. The zero-order valence-electron chi connectivity index (χ0n) is 13.7. The average Bonchev–Trinajstić information content (AvgIpc) is 2.55. The van der Waals surface area contributed by atoms with Crippen LogP contribution in [0.25, 0.3) is 6.08 Å². The molecule has 0 saturated heterocycles. The molecule has 1 unspecified atom stereocenters. The Morgan fingerprint density at radius 2 is 2.00 bits per heavy atom. The molecule has 2 aromatic rings. The number of methoxy groups -OCH3 is 1. The first kappa shape index (κ1) is 17.3. The van der Waals surface area contributed by atoms with Gasteiger partial charge in [-0.15, -0.1) is 0 Å². The van der Waals surface area contributed by atoms with E-state index in [-0.39, 0.29) is 12.2 Å². The van der Waals surface area contributed by atoms with E-state index in [1.165, 1.54) is 19.2 Å². The van der Waals surface area contributed by atoms with Crippen LogP contribution >= 0.6 is 0 Å². The molecule has 25 heavy (non-hydrogen) atoms. The number of nitrogens with zero attached hydrogens (tertiary/aromatic N) is 1. The van der Waals surface area contributed by atoms with Gasteiger partial charge in [-0.25, -0.2) is 0 Å². The zero-order chi connectivity index (χ0) is 18.2. The highest BCUT2D eigenvalue weighted by atomic mass is 19.4. The van der Waals surface area contributed by atoms with Crippen LogP contribution < -0.4 is 10.5 Å². The minimum atomic E-state index is -4.46. The van der Waals surface area contributed by atoms with Crippen molar-refractivity contribution in [1.82, 2.24) is 4.98 Å². The Morgan fingerprint density at radius 3 is 2.68 bits per heavy atom. The van der Waals surface area contributed by atoms with E-state index < -0.39 is 17.5 Å². The lowest BCUT2D eigenvalue weighted by Crippen LogP contribution is -2.46. The largest absolute Gasteiger partial charge is 0.501 e. The number of hydrogen-bond donors (Lipinski definition) is 1. The molecule has 2 N–H and O–H groups in total. The molecule has 1 heterocycles. The van der Waals surface area contributed by atoms with Crippen molar-refractivity contribution in [3.63, 3.8) is 0 Å². The Hall–Kier alpha value is -2.54. The van der Waals surface area contributed by atoms with Gasteiger partial charge in [-0.05, 0) is 42.8 Å². The third-order valence-corrected chi connectivity index (χ3v) is 4.07. The van der Waals surface area contributed by atoms with Crippen LogP contribution in [-0.4, -0.2) is 12.1 Å². The molecule has 1 atom stereocenters. The fraction of sp³-hybridized carbons (Fsp3) is 0.278. The first-order chi connectivity index (χ1) is 11.7. The molecule has 0 spiro atoms. The van der Waals surface area contributed by atoms with Gasteiger partial charge in [-0.1, -0.05) is 6.07 Å². The van der Waals surface area contributed by atoms with Gasteiger partial charge >= 0.3 is 6.18 Å². The summed E-state index contributed by atoms with van der Waals surface area (Å²) in [6, 6.07) is 6.44. The van der Waals surface area contributed by atoms with Gasteiger partial charge in [0.05, 0.1) is 19.1 Å². The summed E-state index contributed by atoms with van der Waals surface area (Å²) in [7, 11) is 1.51. The summed E-state index contributed by atoms with van der Waals surface area (Å²) in [5.41, 5.74) is 6.32. The summed E-state index contributed by atoms with van der Waals surface area (Å²) in [4.78, 5) is 4.30. The van der Waals surface area contributed by atoms with E-state index >= 15 is 0 Å². The molecule has 1 aliphatic rings. The molecule has 1 aliphatic carbocycles. The number of fused-ring (bicyclic) bond motifs is 1. The fourth-order valence-corrected chi connectivity index (χ4v) is 2.81. The van der Waals surface area contributed by atoms with Crippen LogP contribution in [0.4, 0.5) is 13.2 Å². The second-order valence-corrected chi connectivity index (χ2v) is 5.90. The van der Waals surface area contributed by atoms with E-state index in [0.29, 0.717) is 11.5 Å². The number of ether oxygens (including phenoxy) is 2. The number of aryl methyl sites for hydroxylation is 1. The maximum atomic E-state index is 12.9. The lowest BCUT2D eigenvalue weighted by atomic mass is 9.91. The standard InChI is InChI=1S/C18H17F3N2O2/c1-11-6-7-23-16-15(11)9-14(24-2)10-17(16,22)25-13-5-3-4-12(8-13)18(19,20)21/h3-9H,10,22H2,1-2H3. The molecule has 3 rings (SSSR count). The molecule has 0 aliphatic heterocycles. The molecule has 4 nitrogen and oxygen atoms in total. The van der Waals surface area contributed by atoms with Gasteiger partial charge in [0.2, 0.25) is 5.72 Å². The summed E-state index contributed by atoms with van der Waals surface area (Å²) in [5.74, 6) is 0.585. The molecule has 0 fully saturated rings. The van der Waals surface area contributed by atoms with Gasteiger partial charge in [-0.3, -0.25) is 10.7 Å². The number of halogens is 3. The Morgan fingerprint density at radius 1 is 1.24 bits per heavy atom. The highest BCUT2D eigenvalue weighted by molar-refractivity contribution is 5.61. The third kappa shape index (κ3) is 3.32. The van der Waals surface area contributed by atoms with Crippen LogP contribution in [0.2, 0.25) is 0 Å². The number of pyridine rings is 1. The van der Waals surface area contributed by atoms with Gasteiger partial charge in [0, 0.05) is 11.8 Å². The van der Waals surface area contributed by atoms with Gasteiger partial charge < -0.3 is 9.47 Å². The SMILES string of the molecule is COC1=Cc2c(C)ccnc2C(N)(Oc2cccc(C(F)(F)F)c2)C1. The molecule has 0 bridgehead atoms. The number of aromatic nitrogens is 1. The second-order valence-electron chi connectivity index (χ2n) is 5.90. The minimum absolute atomic E-state index is 0.0175. The van der Waals surface area contributed by atoms with Crippen molar-refractivity contribution < 1.29 is 22.6 Å². The molecule has 0 radical (unpaired) electrons. The first-order valence-corrected chi connectivity index (χ1v) is 7.59. The summed E-state index contributed by atoms with van der Waals surface area (Å²) in [6.45, 7) is 1.89. The topological polar surface area (TPSA) is 57.4 Å². The van der Waals surface area contributed by atoms with E-state index in [9.17, 15) is 13.2 Å². The average molecular weight is 350 g/mol. The number of nitrogens with two attached hydrogens (primary N) is 1. The highest BCUT2D eigenvalue weighted by Gasteiger charge is 2.39. The van der Waals surface area contributed by atoms with Crippen LogP contribution in [-0.2, 0) is 16.6 Å². The predicted molar refractivity (Wildman–Crippen MR) is 86.5 cm³/mol. The van der Waals surface area contributed by atoms with Crippen LogP contribution in [0.1, 0.15) is 28.8 Å². The molecule has 0 saturated carbocycles. The van der Waals surface area contributed by atoms with Crippen LogP contribution in [0.5, 0.6) is 5.75 Å². The van der Waals surface area contributed by atoms with E-state index in [2.05, 4.69) is 4.98 Å². The van der Waals surface area contributed by atoms with Crippen molar-refractivity contribution >= 4 is 6.08 Å². The smallest absolute Gasteiger partial charge is 0.416 e. The Balaban J connectivity index is 2.03. The molecule has 7 heteroatoms. The molecule has 132 valence electrons. The molecular weight excluding hydrogens is 333 g/mol. The lowest BCUT2D eigenvalue weighted by molar-refractivity contribution is -0.137. The summed E-state index contributed by atoms with van der Waals surface area (Å²) < 4.78 is 49.9. The molecule has 0 amide bonds. The summed E-state index contributed by atoms with van der Waals surface area (Å²) in [6.07, 6.45) is -0.892. The van der Waals surface area contributed by atoms with E-state index in [0.717, 1.165) is 23.3 Å². The minimum Gasteiger partial charge on any atom is -0.501 e.